The lowest BCUT2D eigenvalue weighted by Crippen LogP contribution is -2.31. The summed E-state index contributed by atoms with van der Waals surface area (Å²) in [6, 6.07) is 12.0. The number of hydrogen-bond acceptors (Lipinski definition) is 4. The van der Waals surface area contributed by atoms with E-state index in [2.05, 4.69) is 11.3 Å². The second-order valence-corrected chi connectivity index (χ2v) is 4.53. The third-order valence-electron chi connectivity index (χ3n) is 3.07. The van der Waals surface area contributed by atoms with E-state index in [4.69, 9.17) is 4.42 Å². The third kappa shape index (κ3) is 3.44. The fourth-order valence-corrected chi connectivity index (χ4v) is 1.95. The molecular formula is C17H17NO4. The van der Waals surface area contributed by atoms with Crippen molar-refractivity contribution in [2.24, 2.45) is 0 Å². The highest BCUT2D eigenvalue weighted by Crippen LogP contribution is 2.22. The molecule has 0 fully saturated rings. The predicted molar refractivity (Wildman–Crippen MR) is 83.0 cm³/mol. The van der Waals surface area contributed by atoms with Crippen LogP contribution in [0.15, 0.2) is 59.5 Å². The second kappa shape index (κ2) is 7.26. The van der Waals surface area contributed by atoms with Crippen molar-refractivity contribution in [3.05, 3.63) is 66.4 Å². The zero-order valence-electron chi connectivity index (χ0n) is 12.3. The molecule has 0 saturated carbocycles. The van der Waals surface area contributed by atoms with Gasteiger partial charge in [0.05, 0.1) is 7.11 Å². The van der Waals surface area contributed by atoms with Crippen molar-refractivity contribution in [3.8, 4) is 0 Å². The fraction of sp³-hybridized carbons (Fsp3) is 0.176. The van der Waals surface area contributed by atoms with Crippen molar-refractivity contribution in [1.29, 1.82) is 0 Å². The van der Waals surface area contributed by atoms with E-state index < -0.39 is 5.97 Å². The highest BCUT2D eigenvalue weighted by atomic mass is 16.5. The number of carbonyl (C=O) groups excluding carboxylic acids is 2. The Balaban J connectivity index is 2.29. The Bertz CT molecular complexity index is 660. The van der Waals surface area contributed by atoms with Crippen molar-refractivity contribution in [2.75, 3.05) is 18.6 Å². The molecule has 1 aromatic carbocycles. The predicted octanol–water partition coefficient (Wildman–Crippen LogP) is 3.29. The van der Waals surface area contributed by atoms with Crippen molar-refractivity contribution < 1.29 is 18.7 Å². The Labute approximate surface area is 128 Å². The van der Waals surface area contributed by atoms with E-state index in [1.165, 1.54) is 18.1 Å². The monoisotopic (exact) mass is 299 g/mol. The van der Waals surface area contributed by atoms with Crippen molar-refractivity contribution in [3.63, 3.8) is 0 Å². The van der Waals surface area contributed by atoms with Gasteiger partial charge in [0.1, 0.15) is 0 Å². The number of nitrogens with zero attached hydrogens (tertiary/aromatic N) is 1. The number of esters is 1. The van der Waals surface area contributed by atoms with Crippen LogP contribution in [0.3, 0.4) is 0 Å². The minimum absolute atomic E-state index is 0.0574. The van der Waals surface area contributed by atoms with Gasteiger partial charge in [-0.3, -0.25) is 9.69 Å². The smallest absolute Gasteiger partial charge is 0.374 e. The van der Waals surface area contributed by atoms with Gasteiger partial charge in [0, 0.05) is 18.2 Å². The quantitative estimate of drug-likeness (QED) is 0.606. The Morgan fingerprint density at radius 3 is 2.59 bits per heavy atom. The van der Waals surface area contributed by atoms with Crippen LogP contribution in [0, 0.1) is 0 Å². The molecule has 22 heavy (non-hydrogen) atoms. The maximum Gasteiger partial charge on any atom is 0.374 e. The molecule has 0 aliphatic heterocycles. The van der Waals surface area contributed by atoms with Gasteiger partial charge in [-0.2, -0.15) is 0 Å². The molecule has 0 aliphatic carbocycles. The summed E-state index contributed by atoms with van der Waals surface area (Å²) in [7, 11) is 1.27. The minimum Gasteiger partial charge on any atom is -0.463 e. The molecule has 0 unspecified atom stereocenters. The number of furan rings is 1. The standard InChI is InChI=1S/C17H17NO4/c1-3-4-12-18(16(19)13-8-6-5-7-9-13)15-11-10-14(22-15)17(20)21-2/h3,5-11H,1,4,12H2,2H3. The van der Waals surface area contributed by atoms with E-state index in [-0.39, 0.29) is 11.7 Å². The molecule has 5 nitrogen and oxygen atoms in total. The largest absolute Gasteiger partial charge is 0.463 e. The van der Waals surface area contributed by atoms with Gasteiger partial charge >= 0.3 is 5.97 Å². The van der Waals surface area contributed by atoms with Crippen LogP contribution in [-0.2, 0) is 4.74 Å². The van der Waals surface area contributed by atoms with Crippen LogP contribution >= 0.6 is 0 Å². The number of benzene rings is 1. The molecule has 0 atom stereocenters. The number of ether oxygens (including phenoxy) is 1. The molecule has 0 aliphatic rings. The van der Waals surface area contributed by atoms with E-state index in [1.807, 2.05) is 6.07 Å². The lowest BCUT2D eigenvalue weighted by atomic mass is 10.2. The Morgan fingerprint density at radius 2 is 1.95 bits per heavy atom. The van der Waals surface area contributed by atoms with E-state index in [0.29, 0.717) is 24.4 Å². The van der Waals surface area contributed by atoms with Gasteiger partial charge < -0.3 is 9.15 Å². The molecule has 1 aromatic heterocycles. The van der Waals surface area contributed by atoms with Gasteiger partial charge in [0.25, 0.3) is 5.91 Å². The summed E-state index contributed by atoms with van der Waals surface area (Å²) in [6.45, 7) is 4.07. The molecule has 0 N–H and O–H groups in total. The molecule has 5 heteroatoms. The summed E-state index contributed by atoms with van der Waals surface area (Å²) in [5.41, 5.74) is 0.544. The van der Waals surface area contributed by atoms with Crippen molar-refractivity contribution >= 4 is 17.8 Å². The van der Waals surface area contributed by atoms with Crippen molar-refractivity contribution in [2.45, 2.75) is 6.42 Å². The van der Waals surface area contributed by atoms with Crippen LogP contribution in [0.4, 0.5) is 5.88 Å². The average molecular weight is 299 g/mol. The lowest BCUT2D eigenvalue weighted by molar-refractivity contribution is 0.0565. The van der Waals surface area contributed by atoms with Crippen LogP contribution in [0.2, 0.25) is 0 Å². The average Bonchev–Trinajstić information content (AvgIpc) is 3.05. The third-order valence-corrected chi connectivity index (χ3v) is 3.07. The number of anilines is 1. The summed E-state index contributed by atoms with van der Waals surface area (Å²) in [4.78, 5) is 25.6. The van der Waals surface area contributed by atoms with Crippen LogP contribution in [0.5, 0.6) is 0 Å². The molecule has 114 valence electrons. The zero-order valence-corrected chi connectivity index (χ0v) is 12.3. The topological polar surface area (TPSA) is 59.8 Å². The number of amides is 1. The van der Waals surface area contributed by atoms with Crippen LogP contribution < -0.4 is 4.90 Å². The molecule has 0 radical (unpaired) electrons. The summed E-state index contributed by atoms with van der Waals surface area (Å²) < 4.78 is 10.0. The number of carbonyl (C=O) groups is 2. The SMILES string of the molecule is C=CCCN(C(=O)c1ccccc1)c1ccc(C(=O)OC)o1. The number of hydrogen-bond donors (Lipinski definition) is 0. The van der Waals surface area contributed by atoms with E-state index in [0.717, 1.165) is 0 Å². The normalized spacial score (nSPS) is 10.0. The fourth-order valence-electron chi connectivity index (χ4n) is 1.95. The Morgan fingerprint density at radius 1 is 1.23 bits per heavy atom. The molecule has 0 saturated heterocycles. The molecule has 0 bridgehead atoms. The highest BCUT2D eigenvalue weighted by Gasteiger charge is 2.21. The van der Waals surface area contributed by atoms with Gasteiger partial charge in [-0.15, -0.1) is 6.58 Å². The first-order valence-electron chi connectivity index (χ1n) is 6.83. The zero-order chi connectivity index (χ0) is 15.9. The maximum absolute atomic E-state index is 12.6. The van der Waals surface area contributed by atoms with E-state index >= 15 is 0 Å². The maximum atomic E-state index is 12.6. The summed E-state index contributed by atoms with van der Waals surface area (Å²) in [6.07, 6.45) is 2.32. The first-order chi connectivity index (χ1) is 10.7. The van der Waals surface area contributed by atoms with Gasteiger partial charge in [-0.25, -0.2) is 4.79 Å². The van der Waals surface area contributed by atoms with Crippen LogP contribution in [-0.4, -0.2) is 25.5 Å². The summed E-state index contributed by atoms with van der Waals surface area (Å²) in [5.74, 6) is -0.423. The van der Waals surface area contributed by atoms with Crippen LogP contribution in [0.25, 0.3) is 0 Å². The molecule has 1 amide bonds. The van der Waals surface area contributed by atoms with Crippen LogP contribution in [0.1, 0.15) is 27.3 Å². The summed E-state index contributed by atoms with van der Waals surface area (Å²) in [5, 5.41) is 0. The molecule has 0 spiro atoms. The molecule has 2 rings (SSSR count). The first kappa shape index (κ1) is 15.6. The van der Waals surface area contributed by atoms with Crippen molar-refractivity contribution in [1.82, 2.24) is 0 Å². The Hall–Kier alpha value is -2.82. The molecule has 2 aromatic rings. The van der Waals surface area contributed by atoms with E-state index in [9.17, 15) is 9.59 Å². The van der Waals surface area contributed by atoms with Gasteiger partial charge in [-0.1, -0.05) is 24.3 Å². The van der Waals surface area contributed by atoms with Gasteiger partial charge in [-0.05, 0) is 24.6 Å². The Kier molecular flexibility index (Phi) is 5.14. The van der Waals surface area contributed by atoms with Gasteiger partial charge in [0.15, 0.2) is 0 Å². The summed E-state index contributed by atoms with van der Waals surface area (Å²) >= 11 is 0. The molecular weight excluding hydrogens is 282 g/mol. The van der Waals surface area contributed by atoms with Gasteiger partial charge in [0.2, 0.25) is 11.6 Å². The first-order valence-corrected chi connectivity index (χ1v) is 6.83. The molecule has 1 heterocycles. The second-order valence-electron chi connectivity index (χ2n) is 4.53. The number of rotatable bonds is 6. The van der Waals surface area contributed by atoms with E-state index in [1.54, 1.807) is 36.4 Å². The highest BCUT2D eigenvalue weighted by molar-refractivity contribution is 6.05. The lowest BCUT2D eigenvalue weighted by Gasteiger charge is -2.19. The number of methoxy groups -OCH3 is 1. The minimum atomic E-state index is -0.581.